The Labute approximate surface area is 103 Å². The van der Waals surface area contributed by atoms with E-state index in [2.05, 4.69) is 4.98 Å². The van der Waals surface area contributed by atoms with Gasteiger partial charge in [-0.05, 0) is 24.3 Å². The maximum Gasteiger partial charge on any atom is 0.123 e. The zero-order valence-corrected chi connectivity index (χ0v) is 9.63. The average molecular weight is 246 g/mol. The van der Waals surface area contributed by atoms with Crippen molar-refractivity contribution in [2.24, 2.45) is 0 Å². The van der Waals surface area contributed by atoms with Gasteiger partial charge in [0.2, 0.25) is 0 Å². The van der Waals surface area contributed by atoms with E-state index in [0.717, 1.165) is 22.2 Å². The predicted molar refractivity (Wildman–Crippen MR) is 68.7 cm³/mol. The molecule has 2 aromatic carbocycles. The molecule has 0 aliphatic rings. The van der Waals surface area contributed by atoms with Crippen LogP contribution in [0.3, 0.4) is 0 Å². The minimum atomic E-state index is -0.243. The molecule has 0 unspecified atom stereocenters. The molecule has 1 N–H and O–H groups in total. The summed E-state index contributed by atoms with van der Waals surface area (Å²) in [6, 6.07) is 14.2. The first-order chi connectivity index (χ1) is 8.24. The fourth-order valence-electron chi connectivity index (χ4n) is 1.93. The second-order valence-electron chi connectivity index (χ2n) is 3.90. The third-order valence-electron chi connectivity index (χ3n) is 2.74. The van der Waals surface area contributed by atoms with Crippen molar-refractivity contribution in [3.63, 3.8) is 0 Å². The van der Waals surface area contributed by atoms with Gasteiger partial charge in [0.15, 0.2) is 0 Å². The summed E-state index contributed by atoms with van der Waals surface area (Å²) in [4.78, 5) is 3.21. The van der Waals surface area contributed by atoms with Gasteiger partial charge in [0, 0.05) is 16.6 Å². The summed E-state index contributed by atoms with van der Waals surface area (Å²) >= 11 is 6.08. The van der Waals surface area contributed by atoms with Crippen LogP contribution in [0.5, 0.6) is 0 Å². The molecular formula is C14H9ClFN. The van der Waals surface area contributed by atoms with Gasteiger partial charge in [-0.1, -0.05) is 35.9 Å². The number of hydrogen-bond acceptors (Lipinski definition) is 0. The maximum absolute atomic E-state index is 13.1. The zero-order chi connectivity index (χ0) is 11.8. The highest BCUT2D eigenvalue weighted by Gasteiger charge is 2.06. The van der Waals surface area contributed by atoms with Crippen LogP contribution in [0.15, 0.2) is 48.5 Å². The van der Waals surface area contributed by atoms with Crippen LogP contribution >= 0.6 is 11.6 Å². The number of hydrogen-bond donors (Lipinski definition) is 1. The second kappa shape index (κ2) is 3.90. The van der Waals surface area contributed by atoms with E-state index in [9.17, 15) is 4.39 Å². The molecule has 0 saturated heterocycles. The standard InChI is InChI=1S/C14H9ClFN/c15-12-6-2-4-10-8-13(17-14(10)12)9-3-1-5-11(16)7-9/h1-8,17H. The lowest BCUT2D eigenvalue weighted by Gasteiger charge is -1.97. The first kappa shape index (κ1) is 10.4. The van der Waals surface area contributed by atoms with Gasteiger partial charge in [0.1, 0.15) is 5.82 Å². The Hall–Kier alpha value is -1.80. The van der Waals surface area contributed by atoms with Gasteiger partial charge in [0.05, 0.1) is 10.5 Å². The highest BCUT2D eigenvalue weighted by atomic mass is 35.5. The number of rotatable bonds is 1. The minimum absolute atomic E-state index is 0.243. The molecule has 1 aromatic heterocycles. The van der Waals surface area contributed by atoms with E-state index >= 15 is 0 Å². The number of benzene rings is 2. The molecule has 0 atom stereocenters. The molecule has 17 heavy (non-hydrogen) atoms. The van der Waals surface area contributed by atoms with E-state index in [0.29, 0.717) is 5.02 Å². The lowest BCUT2D eigenvalue weighted by Crippen LogP contribution is -1.79. The molecule has 0 saturated carbocycles. The van der Waals surface area contributed by atoms with Crippen molar-refractivity contribution < 1.29 is 4.39 Å². The summed E-state index contributed by atoms with van der Waals surface area (Å²) in [5.74, 6) is -0.243. The van der Waals surface area contributed by atoms with Gasteiger partial charge >= 0.3 is 0 Å². The Bertz CT molecular complexity index is 688. The molecule has 0 fully saturated rings. The van der Waals surface area contributed by atoms with E-state index in [1.807, 2.05) is 30.3 Å². The number of H-pyrrole nitrogens is 1. The number of fused-ring (bicyclic) bond motifs is 1. The highest BCUT2D eigenvalue weighted by Crippen LogP contribution is 2.28. The quantitative estimate of drug-likeness (QED) is 0.644. The SMILES string of the molecule is Fc1cccc(-c2cc3cccc(Cl)c3[nH]2)c1. The Morgan fingerprint density at radius 3 is 2.59 bits per heavy atom. The van der Waals surface area contributed by atoms with Gasteiger partial charge in [-0.15, -0.1) is 0 Å². The molecule has 1 heterocycles. The number of para-hydroxylation sites is 1. The largest absolute Gasteiger partial charge is 0.353 e. The highest BCUT2D eigenvalue weighted by molar-refractivity contribution is 6.35. The van der Waals surface area contributed by atoms with Gasteiger partial charge in [-0.2, -0.15) is 0 Å². The monoisotopic (exact) mass is 245 g/mol. The number of halogens is 2. The smallest absolute Gasteiger partial charge is 0.123 e. The van der Waals surface area contributed by atoms with Crippen LogP contribution < -0.4 is 0 Å². The Morgan fingerprint density at radius 1 is 1.00 bits per heavy atom. The molecule has 3 rings (SSSR count). The van der Waals surface area contributed by atoms with Crippen LogP contribution in [0.2, 0.25) is 5.02 Å². The van der Waals surface area contributed by atoms with Gasteiger partial charge in [0.25, 0.3) is 0 Å². The summed E-state index contributed by atoms with van der Waals surface area (Å²) in [6.07, 6.45) is 0. The predicted octanol–water partition coefficient (Wildman–Crippen LogP) is 4.63. The molecule has 3 aromatic rings. The third-order valence-corrected chi connectivity index (χ3v) is 3.06. The maximum atomic E-state index is 13.1. The Kier molecular flexibility index (Phi) is 2.37. The molecule has 0 aliphatic heterocycles. The summed E-state index contributed by atoms with van der Waals surface area (Å²) in [5, 5.41) is 1.70. The first-order valence-corrected chi connectivity index (χ1v) is 5.65. The summed E-state index contributed by atoms with van der Waals surface area (Å²) in [6.45, 7) is 0. The van der Waals surface area contributed by atoms with Crippen LogP contribution in [-0.2, 0) is 0 Å². The Balaban J connectivity index is 2.22. The van der Waals surface area contributed by atoms with Crippen LogP contribution in [0.4, 0.5) is 4.39 Å². The lowest BCUT2D eigenvalue weighted by atomic mass is 10.1. The van der Waals surface area contributed by atoms with Crippen LogP contribution in [0.1, 0.15) is 0 Å². The fraction of sp³-hybridized carbons (Fsp3) is 0. The summed E-state index contributed by atoms with van der Waals surface area (Å²) in [5.41, 5.74) is 2.57. The van der Waals surface area contributed by atoms with Crippen LogP contribution in [-0.4, -0.2) is 4.98 Å². The minimum Gasteiger partial charge on any atom is -0.353 e. The lowest BCUT2D eigenvalue weighted by molar-refractivity contribution is 0.628. The van der Waals surface area contributed by atoms with Crippen molar-refractivity contribution in [2.45, 2.75) is 0 Å². The van der Waals surface area contributed by atoms with Gasteiger partial charge < -0.3 is 4.98 Å². The molecule has 1 nitrogen and oxygen atoms in total. The normalized spacial score (nSPS) is 10.9. The average Bonchev–Trinajstić information content (AvgIpc) is 2.74. The number of aromatic nitrogens is 1. The second-order valence-corrected chi connectivity index (χ2v) is 4.30. The molecule has 0 bridgehead atoms. The molecular weight excluding hydrogens is 237 g/mol. The van der Waals surface area contributed by atoms with Crippen LogP contribution in [0.25, 0.3) is 22.2 Å². The van der Waals surface area contributed by atoms with Crippen molar-refractivity contribution in [1.29, 1.82) is 0 Å². The van der Waals surface area contributed by atoms with Gasteiger partial charge in [-0.25, -0.2) is 4.39 Å². The van der Waals surface area contributed by atoms with Crippen LogP contribution in [0, 0.1) is 5.82 Å². The molecule has 84 valence electrons. The van der Waals surface area contributed by atoms with Gasteiger partial charge in [-0.3, -0.25) is 0 Å². The van der Waals surface area contributed by atoms with E-state index in [1.165, 1.54) is 12.1 Å². The van der Waals surface area contributed by atoms with E-state index in [-0.39, 0.29) is 5.82 Å². The molecule has 0 spiro atoms. The fourth-order valence-corrected chi connectivity index (χ4v) is 2.16. The molecule has 0 radical (unpaired) electrons. The van der Waals surface area contributed by atoms with Crippen molar-refractivity contribution in [3.8, 4) is 11.3 Å². The van der Waals surface area contributed by atoms with E-state index < -0.39 is 0 Å². The molecule has 3 heteroatoms. The third kappa shape index (κ3) is 1.81. The first-order valence-electron chi connectivity index (χ1n) is 5.27. The number of aromatic amines is 1. The summed E-state index contributed by atoms with van der Waals surface area (Å²) < 4.78 is 13.1. The zero-order valence-electron chi connectivity index (χ0n) is 8.87. The molecule has 0 amide bonds. The van der Waals surface area contributed by atoms with E-state index in [4.69, 9.17) is 11.6 Å². The molecule has 0 aliphatic carbocycles. The van der Waals surface area contributed by atoms with Crippen molar-refractivity contribution >= 4 is 22.5 Å². The van der Waals surface area contributed by atoms with Crippen molar-refractivity contribution in [2.75, 3.05) is 0 Å². The number of nitrogens with one attached hydrogen (secondary N) is 1. The van der Waals surface area contributed by atoms with Crippen molar-refractivity contribution in [1.82, 2.24) is 4.98 Å². The summed E-state index contributed by atoms with van der Waals surface area (Å²) in [7, 11) is 0. The van der Waals surface area contributed by atoms with Crippen molar-refractivity contribution in [3.05, 3.63) is 59.4 Å². The topological polar surface area (TPSA) is 15.8 Å². The van der Waals surface area contributed by atoms with E-state index in [1.54, 1.807) is 6.07 Å². The Morgan fingerprint density at radius 2 is 1.82 bits per heavy atom.